The molecule has 0 saturated carbocycles. The molecule has 0 aliphatic carbocycles. The van der Waals surface area contributed by atoms with E-state index in [-0.39, 0.29) is 31.1 Å². The number of carbonyl (C=O) groups excluding carboxylic acids is 2. The van der Waals surface area contributed by atoms with Crippen LogP contribution in [0.3, 0.4) is 0 Å². The molecule has 0 saturated heterocycles. The Morgan fingerprint density at radius 1 is 1.29 bits per heavy atom. The van der Waals surface area contributed by atoms with Crippen LogP contribution in [0.4, 0.5) is 13.2 Å². The molecule has 0 radical (unpaired) electrons. The number of halogens is 3. The van der Waals surface area contributed by atoms with E-state index in [0.29, 0.717) is 6.42 Å². The molecule has 0 aliphatic rings. The monoisotopic (exact) mass is 303 g/mol. The molecule has 0 unspecified atom stereocenters. The molecule has 0 aromatic heterocycles. The van der Waals surface area contributed by atoms with Crippen molar-refractivity contribution in [1.29, 1.82) is 0 Å². The lowest BCUT2D eigenvalue weighted by Gasteiger charge is -2.09. The fourth-order valence-electron chi connectivity index (χ4n) is 1.61. The van der Waals surface area contributed by atoms with E-state index in [0.717, 1.165) is 12.1 Å². The summed E-state index contributed by atoms with van der Waals surface area (Å²) >= 11 is 0. The summed E-state index contributed by atoms with van der Waals surface area (Å²) in [5.41, 5.74) is -0.942. The van der Waals surface area contributed by atoms with Crippen molar-refractivity contribution in [1.82, 2.24) is 5.32 Å². The molecule has 116 valence electrons. The summed E-state index contributed by atoms with van der Waals surface area (Å²) in [7, 11) is 0. The van der Waals surface area contributed by atoms with Crippen molar-refractivity contribution in [2.45, 2.75) is 25.9 Å². The molecule has 1 rings (SSSR count). The first-order chi connectivity index (χ1) is 9.84. The Kier molecular flexibility index (Phi) is 6.20. The van der Waals surface area contributed by atoms with E-state index < -0.39 is 17.6 Å². The van der Waals surface area contributed by atoms with Gasteiger partial charge in [0.2, 0.25) is 0 Å². The molecule has 1 amide bonds. The molecule has 0 atom stereocenters. The van der Waals surface area contributed by atoms with Crippen molar-refractivity contribution < 1.29 is 27.5 Å². The van der Waals surface area contributed by atoms with Gasteiger partial charge >= 0.3 is 12.1 Å². The fraction of sp³-hybridized carbons (Fsp3) is 0.429. The first kappa shape index (κ1) is 17.0. The molecule has 7 heteroatoms. The van der Waals surface area contributed by atoms with Crippen LogP contribution in [0.2, 0.25) is 0 Å². The van der Waals surface area contributed by atoms with E-state index in [9.17, 15) is 22.8 Å². The Balaban J connectivity index is 2.48. The summed E-state index contributed by atoms with van der Waals surface area (Å²) in [6, 6.07) is 4.17. The zero-order valence-electron chi connectivity index (χ0n) is 11.5. The highest BCUT2D eigenvalue weighted by Gasteiger charge is 2.30. The van der Waals surface area contributed by atoms with Crippen LogP contribution in [-0.4, -0.2) is 25.0 Å². The van der Waals surface area contributed by atoms with Gasteiger partial charge in [0.15, 0.2) is 0 Å². The second kappa shape index (κ2) is 7.66. The maximum atomic E-state index is 12.5. The zero-order valence-corrected chi connectivity index (χ0v) is 11.5. The molecule has 0 bridgehead atoms. The third kappa shape index (κ3) is 5.85. The van der Waals surface area contributed by atoms with E-state index >= 15 is 0 Å². The lowest BCUT2D eigenvalue weighted by molar-refractivity contribution is -0.143. The van der Waals surface area contributed by atoms with Gasteiger partial charge in [0.1, 0.15) is 0 Å². The average molecular weight is 303 g/mol. The van der Waals surface area contributed by atoms with Crippen molar-refractivity contribution in [2.75, 3.05) is 13.2 Å². The van der Waals surface area contributed by atoms with Crippen LogP contribution in [0, 0.1) is 0 Å². The number of benzene rings is 1. The molecule has 0 fully saturated rings. The molecular weight excluding hydrogens is 287 g/mol. The Bertz CT molecular complexity index is 500. The molecular formula is C14H16F3NO3. The highest BCUT2D eigenvalue weighted by molar-refractivity contribution is 5.94. The predicted octanol–water partition coefficient (Wildman–Crippen LogP) is 2.78. The topological polar surface area (TPSA) is 55.4 Å². The van der Waals surface area contributed by atoms with Gasteiger partial charge in [-0.1, -0.05) is 6.07 Å². The molecule has 0 aliphatic heterocycles. The van der Waals surface area contributed by atoms with Crippen LogP contribution < -0.4 is 5.32 Å². The normalized spacial score (nSPS) is 11.0. The first-order valence-electron chi connectivity index (χ1n) is 6.45. The summed E-state index contributed by atoms with van der Waals surface area (Å²) in [6.45, 7) is 2.16. The van der Waals surface area contributed by atoms with Crippen LogP contribution in [0.1, 0.15) is 35.7 Å². The maximum Gasteiger partial charge on any atom is 0.416 e. The van der Waals surface area contributed by atoms with Crippen LogP contribution in [0.15, 0.2) is 24.3 Å². The molecule has 0 heterocycles. The van der Waals surface area contributed by atoms with E-state index in [1.54, 1.807) is 6.92 Å². The summed E-state index contributed by atoms with van der Waals surface area (Å²) < 4.78 is 42.3. The predicted molar refractivity (Wildman–Crippen MR) is 69.6 cm³/mol. The Morgan fingerprint density at radius 3 is 2.62 bits per heavy atom. The highest BCUT2D eigenvalue weighted by Crippen LogP contribution is 2.29. The Hall–Kier alpha value is -2.05. The number of nitrogens with one attached hydrogen (secondary N) is 1. The summed E-state index contributed by atoms with van der Waals surface area (Å²) in [4.78, 5) is 22.8. The standard InChI is InChI=1S/C14H16F3NO3/c1-2-21-12(19)7-4-8-18-13(20)10-5-3-6-11(9-10)14(15,16)17/h3,5-6,9H,2,4,7-8H2,1H3,(H,18,20). The number of ether oxygens (including phenoxy) is 1. The van der Waals surface area contributed by atoms with Gasteiger partial charge in [0, 0.05) is 18.5 Å². The largest absolute Gasteiger partial charge is 0.466 e. The van der Waals surface area contributed by atoms with Crippen molar-refractivity contribution in [3.05, 3.63) is 35.4 Å². The van der Waals surface area contributed by atoms with E-state index in [2.05, 4.69) is 5.32 Å². The second-order valence-corrected chi connectivity index (χ2v) is 4.24. The average Bonchev–Trinajstić information content (AvgIpc) is 2.43. The van der Waals surface area contributed by atoms with Crippen LogP contribution in [0.5, 0.6) is 0 Å². The van der Waals surface area contributed by atoms with Gasteiger partial charge in [0.05, 0.1) is 12.2 Å². The second-order valence-electron chi connectivity index (χ2n) is 4.24. The fourth-order valence-corrected chi connectivity index (χ4v) is 1.61. The SMILES string of the molecule is CCOC(=O)CCCNC(=O)c1cccc(C(F)(F)F)c1. The molecule has 21 heavy (non-hydrogen) atoms. The van der Waals surface area contributed by atoms with Crippen LogP contribution in [-0.2, 0) is 15.7 Å². The molecule has 4 nitrogen and oxygen atoms in total. The minimum absolute atomic E-state index is 0.0686. The highest BCUT2D eigenvalue weighted by atomic mass is 19.4. The van der Waals surface area contributed by atoms with E-state index in [1.807, 2.05) is 0 Å². The third-order valence-electron chi connectivity index (χ3n) is 2.60. The van der Waals surface area contributed by atoms with Gasteiger partial charge in [-0.2, -0.15) is 13.2 Å². The lowest BCUT2D eigenvalue weighted by atomic mass is 10.1. The smallest absolute Gasteiger partial charge is 0.416 e. The van der Waals surface area contributed by atoms with Crippen molar-refractivity contribution in [2.24, 2.45) is 0 Å². The Morgan fingerprint density at radius 2 is 2.00 bits per heavy atom. The van der Waals surface area contributed by atoms with E-state index in [1.165, 1.54) is 12.1 Å². The number of alkyl halides is 3. The first-order valence-corrected chi connectivity index (χ1v) is 6.45. The molecule has 1 aromatic carbocycles. The van der Waals surface area contributed by atoms with Gasteiger partial charge in [-0.25, -0.2) is 0 Å². The van der Waals surface area contributed by atoms with Gasteiger partial charge in [-0.3, -0.25) is 9.59 Å². The van der Waals surface area contributed by atoms with Crippen LogP contribution >= 0.6 is 0 Å². The van der Waals surface area contributed by atoms with Crippen LogP contribution in [0.25, 0.3) is 0 Å². The summed E-state index contributed by atoms with van der Waals surface area (Å²) in [5, 5.41) is 2.46. The number of amides is 1. The zero-order chi connectivity index (χ0) is 15.9. The van der Waals surface area contributed by atoms with Gasteiger partial charge < -0.3 is 10.1 Å². The lowest BCUT2D eigenvalue weighted by Crippen LogP contribution is -2.25. The third-order valence-corrected chi connectivity index (χ3v) is 2.60. The molecule has 1 N–H and O–H groups in total. The van der Waals surface area contributed by atoms with Gasteiger partial charge in [0.25, 0.3) is 5.91 Å². The van der Waals surface area contributed by atoms with Crippen molar-refractivity contribution in [3.63, 3.8) is 0 Å². The quantitative estimate of drug-likeness (QED) is 0.649. The van der Waals surface area contributed by atoms with Gasteiger partial charge in [-0.05, 0) is 31.5 Å². The number of rotatable bonds is 6. The number of hydrogen-bond donors (Lipinski definition) is 1. The van der Waals surface area contributed by atoms with Crippen molar-refractivity contribution in [3.8, 4) is 0 Å². The molecule has 0 spiro atoms. The minimum Gasteiger partial charge on any atom is -0.466 e. The van der Waals surface area contributed by atoms with Crippen molar-refractivity contribution >= 4 is 11.9 Å². The Labute approximate surface area is 120 Å². The minimum atomic E-state index is -4.49. The molecule has 1 aromatic rings. The summed E-state index contributed by atoms with van der Waals surface area (Å²) in [5.74, 6) is -0.976. The van der Waals surface area contributed by atoms with E-state index in [4.69, 9.17) is 4.74 Å². The number of carbonyl (C=O) groups is 2. The van der Waals surface area contributed by atoms with Gasteiger partial charge in [-0.15, -0.1) is 0 Å². The maximum absolute atomic E-state index is 12.5. The number of esters is 1. The summed E-state index contributed by atoms with van der Waals surface area (Å²) in [6.07, 6.45) is -3.97. The number of hydrogen-bond acceptors (Lipinski definition) is 3.